The monoisotopic (exact) mass is 309 g/mol. The molecule has 1 rings (SSSR count). The summed E-state index contributed by atoms with van der Waals surface area (Å²) in [5.74, 6) is -2.34. The molecule has 2 atom stereocenters. The lowest BCUT2D eigenvalue weighted by molar-refractivity contribution is -0.145. The summed E-state index contributed by atoms with van der Waals surface area (Å²) in [5.41, 5.74) is 0.611. The maximum atomic E-state index is 12.2. The Morgan fingerprint density at radius 3 is 2.32 bits per heavy atom. The number of carboxylic acid groups (broad SMARTS) is 1. The molecule has 0 spiro atoms. The van der Waals surface area contributed by atoms with Gasteiger partial charge in [-0.25, -0.2) is 4.79 Å². The van der Waals surface area contributed by atoms with Crippen molar-refractivity contribution in [2.75, 3.05) is 14.2 Å². The molecule has 7 heteroatoms. The smallest absolute Gasteiger partial charge is 0.326 e. The number of methoxy groups -OCH3 is 2. The van der Waals surface area contributed by atoms with Crippen molar-refractivity contribution in [3.63, 3.8) is 0 Å². The molecule has 0 heterocycles. The minimum atomic E-state index is -1.22. The van der Waals surface area contributed by atoms with Crippen LogP contribution in [0.4, 0.5) is 0 Å². The third-order valence-electron chi connectivity index (χ3n) is 3.06. The Bertz CT molecular complexity index is 516. The highest BCUT2D eigenvalue weighted by atomic mass is 16.5. The summed E-state index contributed by atoms with van der Waals surface area (Å²) >= 11 is 0. The summed E-state index contributed by atoms with van der Waals surface area (Å²) in [7, 11) is 2.58. The van der Waals surface area contributed by atoms with E-state index in [9.17, 15) is 14.4 Å². The number of amides is 1. The molecular weight excluding hydrogens is 290 g/mol. The van der Waals surface area contributed by atoms with Gasteiger partial charge in [-0.1, -0.05) is 30.3 Å². The molecule has 1 aromatic rings. The molecule has 120 valence electrons. The first-order valence-corrected chi connectivity index (χ1v) is 6.67. The van der Waals surface area contributed by atoms with Crippen molar-refractivity contribution in [2.45, 2.75) is 25.0 Å². The van der Waals surface area contributed by atoms with Crippen LogP contribution < -0.4 is 5.32 Å². The Morgan fingerprint density at radius 1 is 1.18 bits per heavy atom. The predicted molar refractivity (Wildman–Crippen MR) is 77.0 cm³/mol. The van der Waals surface area contributed by atoms with Crippen molar-refractivity contribution in [3.8, 4) is 0 Å². The van der Waals surface area contributed by atoms with Gasteiger partial charge in [0.05, 0.1) is 7.11 Å². The molecule has 0 saturated heterocycles. The van der Waals surface area contributed by atoms with E-state index < -0.39 is 30.0 Å². The number of esters is 1. The highest BCUT2D eigenvalue weighted by Gasteiger charge is 2.26. The van der Waals surface area contributed by atoms with E-state index in [0.717, 1.165) is 0 Å². The van der Waals surface area contributed by atoms with E-state index in [0.29, 0.717) is 5.56 Å². The second kappa shape index (κ2) is 8.78. The van der Waals surface area contributed by atoms with Crippen LogP contribution in [0.5, 0.6) is 0 Å². The number of nitrogens with one attached hydrogen (secondary N) is 1. The van der Waals surface area contributed by atoms with E-state index in [1.54, 1.807) is 30.3 Å². The summed E-state index contributed by atoms with van der Waals surface area (Å²) < 4.78 is 9.58. The molecular formula is C15H19NO6. The Kier molecular flexibility index (Phi) is 7.04. The van der Waals surface area contributed by atoms with Crippen molar-refractivity contribution in [1.29, 1.82) is 0 Å². The zero-order chi connectivity index (χ0) is 16.5. The Morgan fingerprint density at radius 2 is 1.82 bits per heavy atom. The van der Waals surface area contributed by atoms with Crippen LogP contribution in [0.3, 0.4) is 0 Å². The van der Waals surface area contributed by atoms with E-state index in [4.69, 9.17) is 9.84 Å². The maximum Gasteiger partial charge on any atom is 0.326 e. The van der Waals surface area contributed by atoms with Gasteiger partial charge in [-0.3, -0.25) is 9.59 Å². The van der Waals surface area contributed by atoms with Crippen LogP contribution in [0, 0.1) is 0 Å². The summed E-state index contributed by atoms with van der Waals surface area (Å²) in [6.07, 6.45) is -1.07. The zero-order valence-electron chi connectivity index (χ0n) is 12.4. The summed E-state index contributed by atoms with van der Waals surface area (Å²) in [6, 6.07) is 7.52. The molecule has 0 aliphatic rings. The van der Waals surface area contributed by atoms with Crippen molar-refractivity contribution >= 4 is 17.8 Å². The molecule has 7 nitrogen and oxygen atoms in total. The lowest BCUT2D eigenvalue weighted by Crippen LogP contribution is -2.43. The molecule has 0 aromatic heterocycles. The molecule has 2 N–H and O–H groups in total. The van der Waals surface area contributed by atoms with Crippen LogP contribution in [-0.4, -0.2) is 43.2 Å². The minimum absolute atomic E-state index is 0.0566. The zero-order valence-corrected chi connectivity index (χ0v) is 12.4. The SMILES string of the molecule is COC(=O)CC[C@H](NC(=O)[C@@H](OC)c1ccccc1)C(=O)O. The number of hydrogen-bond donors (Lipinski definition) is 2. The molecule has 0 aliphatic carbocycles. The molecule has 0 saturated carbocycles. The Balaban J connectivity index is 2.73. The third-order valence-corrected chi connectivity index (χ3v) is 3.06. The first kappa shape index (κ1) is 17.6. The molecule has 0 aliphatic heterocycles. The molecule has 0 unspecified atom stereocenters. The predicted octanol–water partition coefficient (Wildman–Crippen LogP) is 0.897. The van der Waals surface area contributed by atoms with E-state index in [1.165, 1.54) is 14.2 Å². The standard InChI is InChI=1S/C15H19NO6/c1-21-12(17)9-8-11(15(19)20)16-14(18)13(22-2)10-6-4-3-5-7-10/h3-7,11,13H,8-9H2,1-2H3,(H,16,18)(H,19,20)/t11-,13-/m0/s1. The minimum Gasteiger partial charge on any atom is -0.480 e. The summed E-state index contributed by atoms with van der Waals surface area (Å²) in [6.45, 7) is 0. The van der Waals surface area contributed by atoms with Crippen LogP contribution in [0.1, 0.15) is 24.5 Å². The highest BCUT2D eigenvalue weighted by molar-refractivity contribution is 5.87. The van der Waals surface area contributed by atoms with Crippen molar-refractivity contribution in [3.05, 3.63) is 35.9 Å². The summed E-state index contributed by atoms with van der Waals surface area (Å²) in [5, 5.41) is 11.5. The topological polar surface area (TPSA) is 102 Å². The number of benzene rings is 1. The number of rotatable bonds is 8. The fourth-order valence-corrected chi connectivity index (χ4v) is 1.89. The van der Waals surface area contributed by atoms with Gasteiger partial charge < -0.3 is 19.9 Å². The lowest BCUT2D eigenvalue weighted by Gasteiger charge is -2.19. The molecule has 0 fully saturated rings. The van der Waals surface area contributed by atoms with Gasteiger partial charge in [0.25, 0.3) is 5.91 Å². The van der Waals surface area contributed by atoms with Crippen LogP contribution in [0.2, 0.25) is 0 Å². The van der Waals surface area contributed by atoms with Crippen LogP contribution in [-0.2, 0) is 23.9 Å². The number of aliphatic carboxylic acids is 1. The molecule has 22 heavy (non-hydrogen) atoms. The molecule has 1 aromatic carbocycles. The second-order valence-electron chi connectivity index (χ2n) is 4.54. The van der Waals surface area contributed by atoms with Gasteiger partial charge in [0, 0.05) is 13.5 Å². The van der Waals surface area contributed by atoms with Gasteiger partial charge in [0.2, 0.25) is 0 Å². The number of carbonyl (C=O) groups is 3. The normalized spacial score (nSPS) is 13.0. The first-order chi connectivity index (χ1) is 10.5. The van der Waals surface area contributed by atoms with Crippen molar-refractivity contribution < 1.29 is 29.0 Å². The van der Waals surface area contributed by atoms with E-state index in [2.05, 4.69) is 10.1 Å². The number of carboxylic acids is 1. The van der Waals surface area contributed by atoms with Crippen molar-refractivity contribution in [2.24, 2.45) is 0 Å². The Hall–Kier alpha value is -2.41. The quantitative estimate of drug-likeness (QED) is 0.692. The fourth-order valence-electron chi connectivity index (χ4n) is 1.89. The molecule has 0 bridgehead atoms. The average Bonchev–Trinajstić information content (AvgIpc) is 2.52. The van der Waals surface area contributed by atoms with Gasteiger partial charge in [-0.05, 0) is 12.0 Å². The highest BCUT2D eigenvalue weighted by Crippen LogP contribution is 2.16. The van der Waals surface area contributed by atoms with Crippen LogP contribution >= 0.6 is 0 Å². The van der Waals surface area contributed by atoms with Gasteiger partial charge >= 0.3 is 11.9 Å². The molecule has 0 radical (unpaired) electrons. The lowest BCUT2D eigenvalue weighted by atomic mass is 10.1. The summed E-state index contributed by atoms with van der Waals surface area (Å²) in [4.78, 5) is 34.4. The third kappa shape index (κ3) is 5.17. The van der Waals surface area contributed by atoms with Gasteiger partial charge in [0.1, 0.15) is 6.04 Å². The number of carbonyl (C=O) groups excluding carboxylic acids is 2. The van der Waals surface area contributed by atoms with E-state index in [1.807, 2.05) is 0 Å². The van der Waals surface area contributed by atoms with E-state index >= 15 is 0 Å². The Labute approximate surface area is 128 Å². The second-order valence-corrected chi connectivity index (χ2v) is 4.54. The maximum absolute atomic E-state index is 12.2. The number of hydrogen-bond acceptors (Lipinski definition) is 5. The first-order valence-electron chi connectivity index (χ1n) is 6.67. The van der Waals surface area contributed by atoms with Crippen molar-refractivity contribution in [1.82, 2.24) is 5.32 Å². The van der Waals surface area contributed by atoms with Gasteiger partial charge in [-0.15, -0.1) is 0 Å². The molecule has 1 amide bonds. The van der Waals surface area contributed by atoms with Gasteiger partial charge in [0.15, 0.2) is 6.10 Å². The average molecular weight is 309 g/mol. The van der Waals surface area contributed by atoms with Gasteiger partial charge in [-0.2, -0.15) is 0 Å². The van der Waals surface area contributed by atoms with E-state index in [-0.39, 0.29) is 12.8 Å². The van der Waals surface area contributed by atoms with Crippen LogP contribution in [0.15, 0.2) is 30.3 Å². The number of ether oxygens (including phenoxy) is 2. The fraction of sp³-hybridized carbons (Fsp3) is 0.400. The van der Waals surface area contributed by atoms with Crippen LogP contribution in [0.25, 0.3) is 0 Å². The largest absolute Gasteiger partial charge is 0.480 e.